The van der Waals surface area contributed by atoms with Crippen molar-refractivity contribution in [3.8, 4) is 0 Å². The molecule has 24 heavy (non-hydrogen) atoms. The van der Waals surface area contributed by atoms with Gasteiger partial charge in [0, 0.05) is 16.8 Å². The molecule has 0 unspecified atom stereocenters. The number of pyridine rings is 1. The number of hydrogen-bond donors (Lipinski definition) is 2. The van der Waals surface area contributed by atoms with E-state index in [1.54, 1.807) is 0 Å². The third kappa shape index (κ3) is 3.41. The lowest BCUT2D eigenvalue weighted by Crippen LogP contribution is -2.11. The van der Waals surface area contributed by atoms with Gasteiger partial charge in [0.25, 0.3) is 5.91 Å². The number of benzene rings is 1. The third-order valence-electron chi connectivity index (χ3n) is 3.95. The molecule has 0 bridgehead atoms. The lowest BCUT2D eigenvalue weighted by atomic mass is 10.1. The molecule has 1 amide bonds. The van der Waals surface area contributed by atoms with Crippen LogP contribution >= 0.6 is 11.3 Å². The van der Waals surface area contributed by atoms with E-state index >= 15 is 0 Å². The maximum Gasteiger partial charge on any atom is 0.267 e. The predicted molar refractivity (Wildman–Crippen MR) is 102 cm³/mol. The van der Waals surface area contributed by atoms with E-state index in [4.69, 9.17) is 5.73 Å². The number of fused-ring (bicyclic) bond motifs is 1. The first-order chi connectivity index (χ1) is 11.6. The summed E-state index contributed by atoms with van der Waals surface area (Å²) >= 11 is 1.35. The van der Waals surface area contributed by atoms with Gasteiger partial charge >= 0.3 is 0 Å². The molecular weight excluding hydrogens is 318 g/mol. The summed E-state index contributed by atoms with van der Waals surface area (Å²) in [6.07, 6.45) is 3.20. The number of amides is 1. The highest BCUT2D eigenvalue weighted by Gasteiger charge is 2.17. The number of nitrogens with two attached hydrogens (primary N) is 1. The van der Waals surface area contributed by atoms with Crippen LogP contribution < -0.4 is 11.1 Å². The Morgan fingerprint density at radius 3 is 2.67 bits per heavy atom. The molecule has 0 atom stereocenters. The SMILES string of the molecule is CCCCc1ccc2c(N)c(C(=O)Nc3ccc(C)cc3)sc2n1. The largest absolute Gasteiger partial charge is 0.397 e. The van der Waals surface area contributed by atoms with E-state index in [1.807, 2.05) is 43.3 Å². The van der Waals surface area contributed by atoms with Gasteiger partial charge < -0.3 is 11.1 Å². The topological polar surface area (TPSA) is 68.0 Å². The Hall–Kier alpha value is -2.40. The Balaban J connectivity index is 1.86. The molecule has 4 nitrogen and oxygen atoms in total. The summed E-state index contributed by atoms with van der Waals surface area (Å²) in [7, 11) is 0. The number of carbonyl (C=O) groups is 1. The average Bonchev–Trinajstić information content (AvgIpc) is 2.91. The number of aryl methyl sites for hydroxylation is 2. The van der Waals surface area contributed by atoms with Gasteiger partial charge in [0.1, 0.15) is 9.71 Å². The molecule has 0 aliphatic rings. The van der Waals surface area contributed by atoms with Crippen LogP contribution in [-0.2, 0) is 6.42 Å². The Bertz CT molecular complexity index is 868. The van der Waals surface area contributed by atoms with Gasteiger partial charge in [0.15, 0.2) is 0 Å². The van der Waals surface area contributed by atoms with Gasteiger partial charge in [-0.1, -0.05) is 31.0 Å². The van der Waals surface area contributed by atoms with Crippen LogP contribution in [0.15, 0.2) is 36.4 Å². The lowest BCUT2D eigenvalue weighted by molar-refractivity contribution is 0.103. The van der Waals surface area contributed by atoms with Crippen molar-refractivity contribution in [2.75, 3.05) is 11.1 Å². The minimum atomic E-state index is -0.186. The number of anilines is 2. The highest BCUT2D eigenvalue weighted by molar-refractivity contribution is 7.21. The summed E-state index contributed by atoms with van der Waals surface area (Å²) in [6, 6.07) is 11.7. The Labute approximate surface area is 145 Å². The van der Waals surface area contributed by atoms with Crippen LogP contribution in [0.5, 0.6) is 0 Å². The third-order valence-corrected chi connectivity index (χ3v) is 5.07. The molecule has 5 heteroatoms. The van der Waals surface area contributed by atoms with Crippen molar-refractivity contribution in [3.63, 3.8) is 0 Å². The minimum Gasteiger partial charge on any atom is -0.397 e. The molecule has 0 saturated carbocycles. The van der Waals surface area contributed by atoms with Crippen LogP contribution in [-0.4, -0.2) is 10.9 Å². The number of unbranched alkanes of at least 4 members (excludes halogenated alkanes) is 1. The second-order valence-corrected chi connectivity index (χ2v) is 6.92. The number of nitrogen functional groups attached to an aromatic ring is 1. The van der Waals surface area contributed by atoms with Gasteiger partial charge in [0.2, 0.25) is 0 Å². The molecule has 1 aromatic carbocycles. The van der Waals surface area contributed by atoms with E-state index in [9.17, 15) is 4.79 Å². The molecule has 3 rings (SSSR count). The highest BCUT2D eigenvalue weighted by atomic mass is 32.1. The molecular formula is C19H21N3OS. The molecule has 0 spiro atoms. The number of carbonyl (C=O) groups excluding carboxylic acids is 1. The fourth-order valence-electron chi connectivity index (χ4n) is 2.53. The summed E-state index contributed by atoms with van der Waals surface area (Å²) in [6.45, 7) is 4.17. The zero-order chi connectivity index (χ0) is 17.1. The van der Waals surface area contributed by atoms with Crippen molar-refractivity contribution in [2.24, 2.45) is 0 Å². The quantitative estimate of drug-likeness (QED) is 0.703. The van der Waals surface area contributed by atoms with Crippen LogP contribution in [0.4, 0.5) is 11.4 Å². The van der Waals surface area contributed by atoms with Crippen LogP contribution in [0, 0.1) is 6.92 Å². The first-order valence-electron chi connectivity index (χ1n) is 8.14. The highest BCUT2D eigenvalue weighted by Crippen LogP contribution is 2.33. The van der Waals surface area contributed by atoms with Crippen molar-refractivity contribution < 1.29 is 4.79 Å². The first kappa shape index (κ1) is 16.5. The average molecular weight is 339 g/mol. The standard InChI is InChI=1S/C19H21N3OS/c1-3-4-5-13-10-11-15-16(20)17(24-19(15)22-13)18(23)21-14-8-6-12(2)7-9-14/h6-11H,3-5,20H2,1-2H3,(H,21,23). The molecule has 2 heterocycles. The Kier molecular flexibility index (Phi) is 4.81. The van der Waals surface area contributed by atoms with E-state index in [0.29, 0.717) is 10.6 Å². The summed E-state index contributed by atoms with van der Waals surface area (Å²) < 4.78 is 0. The second kappa shape index (κ2) is 7.01. The van der Waals surface area contributed by atoms with Gasteiger partial charge in [-0.2, -0.15) is 0 Å². The van der Waals surface area contributed by atoms with Gasteiger partial charge in [-0.15, -0.1) is 11.3 Å². The number of nitrogens with zero attached hydrogens (tertiary/aromatic N) is 1. The van der Waals surface area contributed by atoms with Crippen LogP contribution in [0.25, 0.3) is 10.2 Å². The summed E-state index contributed by atoms with van der Waals surface area (Å²) in [4.78, 5) is 18.5. The molecule has 124 valence electrons. The fraction of sp³-hybridized carbons (Fsp3) is 0.263. The van der Waals surface area contributed by atoms with E-state index in [-0.39, 0.29) is 5.91 Å². The number of aromatic nitrogens is 1. The van der Waals surface area contributed by atoms with Crippen molar-refractivity contribution >= 4 is 38.8 Å². The maximum atomic E-state index is 12.5. The fourth-order valence-corrected chi connectivity index (χ4v) is 3.53. The summed E-state index contributed by atoms with van der Waals surface area (Å²) in [5.41, 5.74) is 9.65. The predicted octanol–water partition coefficient (Wildman–Crippen LogP) is 4.78. The molecule has 0 fully saturated rings. The second-order valence-electron chi connectivity index (χ2n) is 5.92. The van der Waals surface area contributed by atoms with Crippen LogP contribution in [0.3, 0.4) is 0 Å². The molecule has 0 saturated heterocycles. The normalized spacial score (nSPS) is 10.9. The number of nitrogens with one attached hydrogen (secondary N) is 1. The van der Waals surface area contributed by atoms with Gasteiger partial charge in [-0.3, -0.25) is 4.79 Å². The van der Waals surface area contributed by atoms with Crippen molar-refractivity contribution in [3.05, 3.63) is 52.5 Å². The van der Waals surface area contributed by atoms with Gasteiger partial charge in [-0.25, -0.2) is 4.98 Å². The molecule has 0 aliphatic carbocycles. The zero-order valence-electron chi connectivity index (χ0n) is 13.9. The van der Waals surface area contributed by atoms with Crippen molar-refractivity contribution in [2.45, 2.75) is 33.1 Å². The molecule has 0 radical (unpaired) electrons. The summed E-state index contributed by atoms with van der Waals surface area (Å²) in [5.74, 6) is -0.186. The van der Waals surface area contributed by atoms with Gasteiger partial charge in [-0.05, 0) is 44.0 Å². The van der Waals surface area contributed by atoms with Crippen LogP contribution in [0.2, 0.25) is 0 Å². The van der Waals surface area contributed by atoms with E-state index in [2.05, 4.69) is 17.2 Å². The minimum absolute atomic E-state index is 0.186. The number of rotatable bonds is 5. The van der Waals surface area contributed by atoms with Crippen molar-refractivity contribution in [1.29, 1.82) is 0 Å². The molecule has 2 aromatic heterocycles. The monoisotopic (exact) mass is 339 g/mol. The first-order valence-corrected chi connectivity index (χ1v) is 8.96. The Morgan fingerprint density at radius 2 is 1.96 bits per heavy atom. The maximum absolute atomic E-state index is 12.5. The van der Waals surface area contributed by atoms with Gasteiger partial charge in [0.05, 0.1) is 5.69 Å². The summed E-state index contributed by atoms with van der Waals surface area (Å²) in [5, 5.41) is 3.76. The molecule has 3 aromatic rings. The van der Waals surface area contributed by atoms with Crippen molar-refractivity contribution in [1.82, 2.24) is 4.98 Å². The van der Waals surface area contributed by atoms with E-state index in [0.717, 1.165) is 46.4 Å². The number of hydrogen-bond acceptors (Lipinski definition) is 4. The smallest absolute Gasteiger partial charge is 0.267 e. The van der Waals surface area contributed by atoms with E-state index in [1.165, 1.54) is 11.3 Å². The van der Waals surface area contributed by atoms with Crippen LogP contribution in [0.1, 0.15) is 40.7 Å². The molecule has 0 aliphatic heterocycles. The lowest BCUT2D eigenvalue weighted by Gasteiger charge is -2.04. The molecule has 3 N–H and O–H groups in total. The Morgan fingerprint density at radius 1 is 1.21 bits per heavy atom. The number of thiophene rings is 1. The zero-order valence-corrected chi connectivity index (χ0v) is 14.7. The van der Waals surface area contributed by atoms with E-state index < -0.39 is 0 Å².